The van der Waals surface area contributed by atoms with Gasteiger partial charge in [0.05, 0.1) is 0 Å². The summed E-state index contributed by atoms with van der Waals surface area (Å²) < 4.78 is 0. The Kier molecular flexibility index (Phi) is 3.75. The Morgan fingerprint density at radius 1 is 1.20 bits per heavy atom. The molecular formula is C13H20N2. The summed E-state index contributed by atoms with van der Waals surface area (Å²) in [5, 5.41) is 6.77. The normalized spacial score (nSPS) is 25.7. The minimum absolute atomic E-state index is 0.787. The molecule has 1 fully saturated rings. The van der Waals surface area contributed by atoms with E-state index in [-0.39, 0.29) is 0 Å². The zero-order valence-electron chi connectivity index (χ0n) is 9.37. The van der Waals surface area contributed by atoms with E-state index in [0.29, 0.717) is 0 Å². The van der Waals surface area contributed by atoms with Crippen LogP contribution in [-0.4, -0.2) is 26.7 Å². The van der Waals surface area contributed by atoms with Gasteiger partial charge in [-0.25, -0.2) is 0 Å². The van der Waals surface area contributed by atoms with Crippen LogP contribution in [0.3, 0.4) is 0 Å². The highest BCUT2D eigenvalue weighted by molar-refractivity contribution is 5.15. The van der Waals surface area contributed by atoms with Crippen LogP contribution in [-0.2, 0) is 6.42 Å². The molecule has 1 aromatic carbocycles. The minimum atomic E-state index is 0.787. The van der Waals surface area contributed by atoms with Crippen molar-refractivity contribution in [1.29, 1.82) is 0 Å². The van der Waals surface area contributed by atoms with Gasteiger partial charge < -0.3 is 10.6 Å². The second-order valence-corrected chi connectivity index (χ2v) is 4.43. The van der Waals surface area contributed by atoms with Crippen molar-refractivity contribution in [2.75, 3.05) is 26.7 Å². The number of hydrogen-bond acceptors (Lipinski definition) is 2. The first-order valence-electron chi connectivity index (χ1n) is 5.79. The van der Waals surface area contributed by atoms with E-state index < -0.39 is 0 Å². The molecule has 82 valence electrons. The molecule has 2 atom stereocenters. The first-order valence-corrected chi connectivity index (χ1v) is 5.79. The largest absolute Gasteiger partial charge is 0.319 e. The van der Waals surface area contributed by atoms with Gasteiger partial charge in [0.25, 0.3) is 0 Å². The molecule has 1 heterocycles. The predicted octanol–water partition coefficient (Wildman–Crippen LogP) is 1.28. The van der Waals surface area contributed by atoms with Crippen LogP contribution in [0.2, 0.25) is 0 Å². The first kappa shape index (κ1) is 10.7. The predicted molar refractivity (Wildman–Crippen MR) is 63.9 cm³/mol. The van der Waals surface area contributed by atoms with Crippen molar-refractivity contribution in [3.05, 3.63) is 35.9 Å². The molecule has 0 amide bonds. The summed E-state index contributed by atoms with van der Waals surface area (Å²) in [7, 11) is 2.04. The van der Waals surface area contributed by atoms with Gasteiger partial charge >= 0.3 is 0 Å². The van der Waals surface area contributed by atoms with Gasteiger partial charge in [-0.2, -0.15) is 0 Å². The lowest BCUT2D eigenvalue weighted by molar-refractivity contribution is 0.404. The molecule has 1 aromatic rings. The monoisotopic (exact) mass is 204 g/mol. The average Bonchev–Trinajstić information content (AvgIpc) is 2.68. The van der Waals surface area contributed by atoms with Crippen LogP contribution in [0.15, 0.2) is 30.3 Å². The molecule has 0 unspecified atom stereocenters. The second kappa shape index (κ2) is 5.29. The molecule has 2 rings (SSSR count). The molecule has 1 saturated heterocycles. The van der Waals surface area contributed by atoms with Gasteiger partial charge in [0.15, 0.2) is 0 Å². The van der Waals surface area contributed by atoms with E-state index in [0.717, 1.165) is 18.4 Å². The molecule has 1 aliphatic heterocycles. The number of nitrogens with one attached hydrogen (secondary N) is 2. The summed E-state index contributed by atoms with van der Waals surface area (Å²) >= 11 is 0. The Bertz CT molecular complexity index is 284. The highest BCUT2D eigenvalue weighted by Crippen LogP contribution is 2.20. The zero-order valence-corrected chi connectivity index (χ0v) is 9.37. The van der Waals surface area contributed by atoms with E-state index in [1.165, 1.54) is 25.1 Å². The Hall–Kier alpha value is -0.860. The second-order valence-electron chi connectivity index (χ2n) is 4.43. The van der Waals surface area contributed by atoms with Crippen LogP contribution in [0.25, 0.3) is 0 Å². The quantitative estimate of drug-likeness (QED) is 0.772. The molecule has 2 nitrogen and oxygen atoms in total. The van der Waals surface area contributed by atoms with E-state index in [9.17, 15) is 0 Å². The van der Waals surface area contributed by atoms with E-state index in [1.54, 1.807) is 0 Å². The summed E-state index contributed by atoms with van der Waals surface area (Å²) in [6.45, 7) is 3.46. The van der Waals surface area contributed by atoms with Gasteiger partial charge in [-0.3, -0.25) is 0 Å². The fourth-order valence-corrected chi connectivity index (χ4v) is 2.44. The van der Waals surface area contributed by atoms with Crippen LogP contribution in [0.4, 0.5) is 0 Å². The molecular weight excluding hydrogens is 184 g/mol. The summed E-state index contributed by atoms with van der Waals surface area (Å²) in [6, 6.07) is 10.8. The fraction of sp³-hybridized carbons (Fsp3) is 0.538. The summed E-state index contributed by atoms with van der Waals surface area (Å²) in [4.78, 5) is 0. The van der Waals surface area contributed by atoms with Gasteiger partial charge in [-0.15, -0.1) is 0 Å². The number of rotatable bonds is 4. The van der Waals surface area contributed by atoms with Gasteiger partial charge in [0.1, 0.15) is 0 Å². The van der Waals surface area contributed by atoms with Crippen LogP contribution < -0.4 is 10.6 Å². The van der Waals surface area contributed by atoms with E-state index >= 15 is 0 Å². The van der Waals surface area contributed by atoms with Gasteiger partial charge in [0.2, 0.25) is 0 Å². The minimum Gasteiger partial charge on any atom is -0.319 e. The van der Waals surface area contributed by atoms with Crippen LogP contribution in [0.1, 0.15) is 5.56 Å². The zero-order chi connectivity index (χ0) is 10.5. The highest BCUT2D eigenvalue weighted by Gasteiger charge is 2.26. The van der Waals surface area contributed by atoms with Gasteiger partial charge in [-0.05, 0) is 50.5 Å². The standard InChI is InChI=1S/C13H20N2/c1-14-8-13-10-15-9-12(13)7-11-5-3-2-4-6-11/h2-6,12-15H,7-10H2,1H3/t12-,13+/m1/s1. The van der Waals surface area contributed by atoms with Crippen molar-refractivity contribution in [1.82, 2.24) is 10.6 Å². The Morgan fingerprint density at radius 2 is 1.93 bits per heavy atom. The lowest BCUT2D eigenvalue weighted by Gasteiger charge is -2.17. The summed E-state index contributed by atoms with van der Waals surface area (Å²) in [6.07, 6.45) is 1.21. The topological polar surface area (TPSA) is 24.1 Å². The van der Waals surface area contributed by atoms with Crippen molar-refractivity contribution in [3.63, 3.8) is 0 Å². The summed E-state index contributed by atoms with van der Waals surface area (Å²) in [5.74, 6) is 1.58. The third kappa shape index (κ3) is 2.80. The van der Waals surface area contributed by atoms with Crippen LogP contribution >= 0.6 is 0 Å². The molecule has 0 saturated carbocycles. The molecule has 0 spiro atoms. The summed E-state index contributed by atoms with van der Waals surface area (Å²) in [5.41, 5.74) is 1.47. The molecule has 1 aliphatic rings. The van der Waals surface area contributed by atoms with Gasteiger partial charge in [-0.1, -0.05) is 30.3 Å². The maximum Gasteiger partial charge on any atom is -0.000501 e. The van der Waals surface area contributed by atoms with Gasteiger partial charge in [0, 0.05) is 0 Å². The SMILES string of the molecule is CNC[C@H]1CNC[C@H]1Cc1ccccc1. The average molecular weight is 204 g/mol. The van der Waals surface area contributed by atoms with E-state index in [4.69, 9.17) is 0 Å². The van der Waals surface area contributed by atoms with Crippen molar-refractivity contribution in [2.45, 2.75) is 6.42 Å². The third-order valence-corrected chi connectivity index (χ3v) is 3.29. The number of hydrogen-bond donors (Lipinski definition) is 2. The van der Waals surface area contributed by atoms with E-state index in [1.807, 2.05) is 7.05 Å². The molecule has 0 aliphatic carbocycles. The molecule has 0 bridgehead atoms. The molecule has 15 heavy (non-hydrogen) atoms. The third-order valence-electron chi connectivity index (χ3n) is 3.29. The van der Waals surface area contributed by atoms with Crippen LogP contribution in [0, 0.1) is 11.8 Å². The molecule has 2 N–H and O–H groups in total. The Morgan fingerprint density at radius 3 is 2.67 bits per heavy atom. The van der Waals surface area contributed by atoms with E-state index in [2.05, 4.69) is 41.0 Å². The lowest BCUT2D eigenvalue weighted by atomic mass is 9.90. The van der Waals surface area contributed by atoms with Crippen molar-refractivity contribution in [2.24, 2.45) is 11.8 Å². The Labute approximate surface area is 92.1 Å². The lowest BCUT2D eigenvalue weighted by Crippen LogP contribution is -2.26. The first-order chi connectivity index (χ1) is 7.40. The smallest absolute Gasteiger partial charge is 0.000501 e. The van der Waals surface area contributed by atoms with Crippen molar-refractivity contribution >= 4 is 0 Å². The maximum absolute atomic E-state index is 3.49. The molecule has 0 aromatic heterocycles. The van der Waals surface area contributed by atoms with Crippen molar-refractivity contribution < 1.29 is 0 Å². The number of benzene rings is 1. The van der Waals surface area contributed by atoms with Crippen molar-refractivity contribution in [3.8, 4) is 0 Å². The maximum atomic E-state index is 3.49. The Balaban J connectivity index is 1.93. The fourth-order valence-electron chi connectivity index (χ4n) is 2.44. The molecule has 2 heteroatoms. The van der Waals surface area contributed by atoms with Crippen LogP contribution in [0.5, 0.6) is 0 Å². The highest BCUT2D eigenvalue weighted by atomic mass is 14.9. The molecule has 0 radical (unpaired) electrons.